The number of nitrogens with zero attached hydrogens (tertiary/aromatic N) is 1. The highest BCUT2D eigenvalue weighted by Crippen LogP contribution is 2.21. The second-order valence-corrected chi connectivity index (χ2v) is 5.96. The van der Waals surface area contributed by atoms with E-state index in [0.717, 1.165) is 15.4 Å². The number of thiophene rings is 1. The topological polar surface area (TPSA) is 22.0 Å². The molecule has 0 spiro atoms. The van der Waals surface area contributed by atoms with Gasteiger partial charge < -0.3 is 4.57 Å². The number of para-hydroxylation sites is 1. The van der Waals surface area contributed by atoms with Gasteiger partial charge >= 0.3 is 0 Å². The maximum Gasteiger partial charge on any atom is 0.251 e. The van der Waals surface area contributed by atoms with Crippen LogP contribution in [0.15, 0.2) is 57.1 Å². The van der Waals surface area contributed by atoms with Gasteiger partial charge in [-0.3, -0.25) is 4.79 Å². The van der Waals surface area contributed by atoms with Gasteiger partial charge in [-0.15, -0.1) is 11.3 Å². The van der Waals surface area contributed by atoms with Gasteiger partial charge in [0.05, 0.1) is 12.1 Å². The SMILES string of the molecule is O=c1ccc2ccccc2n1Cc1cc(Br)cs1. The first kappa shape index (κ1) is 11.7. The second kappa shape index (κ2) is 4.71. The van der Waals surface area contributed by atoms with Crippen LogP contribution in [0.3, 0.4) is 0 Å². The van der Waals surface area contributed by atoms with Crippen LogP contribution in [0.1, 0.15) is 4.88 Å². The van der Waals surface area contributed by atoms with Crippen molar-refractivity contribution in [2.45, 2.75) is 6.54 Å². The zero-order valence-electron chi connectivity index (χ0n) is 9.47. The minimum Gasteiger partial charge on any atom is -0.303 e. The molecule has 0 saturated heterocycles. The summed E-state index contributed by atoms with van der Waals surface area (Å²) in [5.74, 6) is 0. The third-order valence-electron chi connectivity index (χ3n) is 2.83. The summed E-state index contributed by atoms with van der Waals surface area (Å²) in [5, 5.41) is 3.12. The Hall–Kier alpha value is -1.39. The number of fused-ring (bicyclic) bond motifs is 1. The minimum atomic E-state index is 0.0400. The number of halogens is 1. The molecule has 0 bridgehead atoms. The molecule has 2 nitrogen and oxygen atoms in total. The second-order valence-electron chi connectivity index (χ2n) is 4.05. The fourth-order valence-electron chi connectivity index (χ4n) is 2.00. The molecule has 3 rings (SSSR count). The van der Waals surface area contributed by atoms with Crippen molar-refractivity contribution in [3.63, 3.8) is 0 Å². The average molecular weight is 320 g/mol. The molecule has 0 N–H and O–H groups in total. The van der Waals surface area contributed by atoms with Gasteiger partial charge in [-0.25, -0.2) is 0 Å². The van der Waals surface area contributed by atoms with Crippen molar-refractivity contribution in [1.29, 1.82) is 0 Å². The Morgan fingerprint density at radius 2 is 2.00 bits per heavy atom. The van der Waals surface area contributed by atoms with Crippen molar-refractivity contribution >= 4 is 38.2 Å². The minimum absolute atomic E-state index is 0.0400. The van der Waals surface area contributed by atoms with Crippen LogP contribution in [0.4, 0.5) is 0 Å². The lowest BCUT2D eigenvalue weighted by atomic mass is 10.2. The molecule has 0 unspecified atom stereocenters. The van der Waals surface area contributed by atoms with E-state index < -0.39 is 0 Å². The highest BCUT2D eigenvalue weighted by molar-refractivity contribution is 9.10. The number of aromatic nitrogens is 1. The third kappa shape index (κ3) is 2.13. The Balaban J connectivity index is 2.16. The summed E-state index contributed by atoms with van der Waals surface area (Å²) < 4.78 is 2.88. The van der Waals surface area contributed by atoms with Crippen molar-refractivity contribution in [3.05, 3.63) is 67.5 Å². The van der Waals surface area contributed by atoms with Crippen LogP contribution in [0.2, 0.25) is 0 Å². The van der Waals surface area contributed by atoms with Crippen LogP contribution in [-0.2, 0) is 6.54 Å². The maximum atomic E-state index is 12.0. The maximum absolute atomic E-state index is 12.0. The molecular weight excluding hydrogens is 310 g/mol. The van der Waals surface area contributed by atoms with Crippen LogP contribution in [0.5, 0.6) is 0 Å². The summed E-state index contributed by atoms with van der Waals surface area (Å²) in [6.07, 6.45) is 0. The van der Waals surface area contributed by atoms with E-state index in [9.17, 15) is 4.79 Å². The first-order valence-corrected chi connectivity index (χ1v) is 7.23. The van der Waals surface area contributed by atoms with Crippen molar-refractivity contribution in [2.75, 3.05) is 0 Å². The zero-order chi connectivity index (χ0) is 12.5. The van der Waals surface area contributed by atoms with Crippen LogP contribution in [-0.4, -0.2) is 4.57 Å². The fraction of sp³-hybridized carbons (Fsp3) is 0.0714. The lowest BCUT2D eigenvalue weighted by Crippen LogP contribution is -2.19. The standard InChI is InChI=1S/C14H10BrNOS/c15-11-7-12(18-9-11)8-16-13-4-2-1-3-10(13)5-6-14(16)17/h1-7,9H,8H2. The molecule has 0 atom stereocenters. The Morgan fingerprint density at radius 1 is 1.17 bits per heavy atom. The molecule has 0 amide bonds. The van der Waals surface area contributed by atoms with Gasteiger partial charge in [-0.2, -0.15) is 0 Å². The summed E-state index contributed by atoms with van der Waals surface area (Å²) in [7, 11) is 0. The van der Waals surface area contributed by atoms with Crippen LogP contribution >= 0.6 is 27.3 Å². The smallest absolute Gasteiger partial charge is 0.251 e. The molecule has 4 heteroatoms. The third-order valence-corrected chi connectivity index (χ3v) is 4.52. The van der Waals surface area contributed by atoms with Gasteiger partial charge in [0, 0.05) is 20.8 Å². The van der Waals surface area contributed by atoms with E-state index >= 15 is 0 Å². The lowest BCUT2D eigenvalue weighted by molar-refractivity contribution is 0.806. The largest absolute Gasteiger partial charge is 0.303 e. The lowest BCUT2D eigenvalue weighted by Gasteiger charge is -2.08. The van der Waals surface area contributed by atoms with Crippen LogP contribution in [0, 0.1) is 0 Å². The number of benzene rings is 1. The molecule has 3 aromatic rings. The molecule has 0 saturated carbocycles. The molecule has 0 aliphatic carbocycles. The first-order chi connectivity index (χ1) is 8.74. The predicted octanol–water partition coefficient (Wildman–Crippen LogP) is 3.87. The monoisotopic (exact) mass is 319 g/mol. The molecule has 1 aromatic carbocycles. The number of rotatable bonds is 2. The van der Waals surface area contributed by atoms with E-state index in [2.05, 4.69) is 22.0 Å². The van der Waals surface area contributed by atoms with Crippen molar-refractivity contribution in [1.82, 2.24) is 4.57 Å². The Morgan fingerprint density at radius 3 is 2.78 bits per heavy atom. The molecule has 2 heterocycles. The van der Waals surface area contributed by atoms with Gasteiger partial charge in [0.2, 0.25) is 0 Å². The van der Waals surface area contributed by atoms with Crippen molar-refractivity contribution in [2.24, 2.45) is 0 Å². The van der Waals surface area contributed by atoms with Crippen LogP contribution < -0.4 is 5.56 Å². The summed E-state index contributed by atoms with van der Waals surface area (Å²) in [6, 6.07) is 13.5. The van der Waals surface area contributed by atoms with E-state index in [1.54, 1.807) is 17.4 Å². The highest BCUT2D eigenvalue weighted by Gasteiger charge is 2.05. The van der Waals surface area contributed by atoms with E-state index in [1.807, 2.05) is 40.3 Å². The summed E-state index contributed by atoms with van der Waals surface area (Å²) in [6.45, 7) is 0.621. The Labute approximate surface area is 117 Å². The first-order valence-electron chi connectivity index (χ1n) is 5.55. The molecule has 0 aliphatic heterocycles. The molecule has 0 fully saturated rings. The highest BCUT2D eigenvalue weighted by atomic mass is 79.9. The van der Waals surface area contributed by atoms with E-state index in [0.29, 0.717) is 6.54 Å². The van der Waals surface area contributed by atoms with Crippen molar-refractivity contribution in [3.8, 4) is 0 Å². The molecule has 90 valence electrons. The molecule has 18 heavy (non-hydrogen) atoms. The summed E-state index contributed by atoms with van der Waals surface area (Å²) in [4.78, 5) is 13.2. The Bertz CT molecular complexity index is 760. The summed E-state index contributed by atoms with van der Waals surface area (Å²) in [5.41, 5.74) is 1.02. The van der Waals surface area contributed by atoms with E-state index in [4.69, 9.17) is 0 Å². The predicted molar refractivity (Wildman–Crippen MR) is 79.3 cm³/mol. The van der Waals surface area contributed by atoms with Gasteiger partial charge in [-0.1, -0.05) is 18.2 Å². The van der Waals surface area contributed by atoms with Crippen molar-refractivity contribution < 1.29 is 0 Å². The molecule has 0 aliphatic rings. The zero-order valence-corrected chi connectivity index (χ0v) is 11.9. The normalized spacial score (nSPS) is 10.9. The van der Waals surface area contributed by atoms with Crippen LogP contribution in [0.25, 0.3) is 10.9 Å². The van der Waals surface area contributed by atoms with E-state index in [-0.39, 0.29) is 5.56 Å². The van der Waals surface area contributed by atoms with Gasteiger partial charge in [0.15, 0.2) is 0 Å². The number of pyridine rings is 1. The molecular formula is C14H10BrNOS. The molecule has 2 aromatic heterocycles. The van der Waals surface area contributed by atoms with Gasteiger partial charge in [0.25, 0.3) is 5.56 Å². The number of hydrogen-bond acceptors (Lipinski definition) is 2. The summed E-state index contributed by atoms with van der Waals surface area (Å²) >= 11 is 5.09. The van der Waals surface area contributed by atoms with Gasteiger partial charge in [0.1, 0.15) is 0 Å². The quantitative estimate of drug-likeness (QED) is 0.702. The number of hydrogen-bond donors (Lipinski definition) is 0. The van der Waals surface area contributed by atoms with Gasteiger partial charge in [-0.05, 0) is 39.5 Å². The fourth-order valence-corrected chi connectivity index (χ4v) is 3.44. The Kier molecular flexibility index (Phi) is 3.06. The average Bonchev–Trinajstić information content (AvgIpc) is 2.79. The van der Waals surface area contributed by atoms with E-state index in [1.165, 1.54) is 4.88 Å². The molecule has 0 radical (unpaired) electrons.